The quantitative estimate of drug-likeness (QED) is 0.659. The van der Waals surface area contributed by atoms with Crippen molar-refractivity contribution >= 4 is 0 Å². The number of aliphatic hydroxyl groups is 1. The molecule has 0 saturated carbocycles. The lowest BCUT2D eigenvalue weighted by atomic mass is 10.1. The van der Waals surface area contributed by atoms with E-state index in [1.807, 2.05) is 14.1 Å². The molecule has 2 unspecified atom stereocenters. The minimum absolute atomic E-state index is 0.288. The molecule has 90 valence electrons. The number of nitrogens with one attached hydrogen (secondary N) is 1. The summed E-state index contributed by atoms with van der Waals surface area (Å²) in [6, 6.07) is 0. The SMILES string of the molecule is CNCC(O)CN(C)CC1CCCCO1. The Morgan fingerprint density at radius 2 is 2.33 bits per heavy atom. The second kappa shape index (κ2) is 7.17. The average molecular weight is 216 g/mol. The second-order valence-electron chi connectivity index (χ2n) is 4.42. The second-order valence-corrected chi connectivity index (χ2v) is 4.42. The molecule has 0 aromatic rings. The number of hydrogen-bond acceptors (Lipinski definition) is 4. The summed E-state index contributed by atoms with van der Waals surface area (Å²) in [6.45, 7) is 3.19. The summed E-state index contributed by atoms with van der Waals surface area (Å²) in [4.78, 5) is 2.15. The zero-order chi connectivity index (χ0) is 11.1. The van der Waals surface area contributed by atoms with Crippen molar-refractivity contribution in [1.29, 1.82) is 0 Å². The monoisotopic (exact) mass is 216 g/mol. The van der Waals surface area contributed by atoms with Crippen LogP contribution in [0.5, 0.6) is 0 Å². The van der Waals surface area contributed by atoms with Gasteiger partial charge in [0.2, 0.25) is 0 Å². The molecule has 0 spiro atoms. The van der Waals surface area contributed by atoms with Crippen molar-refractivity contribution < 1.29 is 9.84 Å². The third kappa shape index (κ3) is 5.47. The van der Waals surface area contributed by atoms with Gasteiger partial charge in [0.15, 0.2) is 0 Å². The summed E-state index contributed by atoms with van der Waals surface area (Å²) < 4.78 is 5.65. The van der Waals surface area contributed by atoms with Gasteiger partial charge in [-0.25, -0.2) is 0 Å². The first-order chi connectivity index (χ1) is 7.22. The highest BCUT2D eigenvalue weighted by Gasteiger charge is 2.17. The molecule has 0 aromatic heterocycles. The molecule has 2 N–H and O–H groups in total. The highest BCUT2D eigenvalue weighted by atomic mass is 16.5. The van der Waals surface area contributed by atoms with Gasteiger partial charge in [-0.1, -0.05) is 0 Å². The molecular weight excluding hydrogens is 192 g/mol. The fraction of sp³-hybridized carbons (Fsp3) is 1.00. The first-order valence-corrected chi connectivity index (χ1v) is 5.85. The Morgan fingerprint density at radius 3 is 2.93 bits per heavy atom. The molecule has 4 heteroatoms. The Balaban J connectivity index is 2.13. The smallest absolute Gasteiger partial charge is 0.0791 e. The Kier molecular flexibility index (Phi) is 6.17. The number of likely N-dealkylation sites (N-methyl/N-ethyl adjacent to an activating group) is 2. The van der Waals surface area contributed by atoms with E-state index in [1.54, 1.807) is 0 Å². The Morgan fingerprint density at radius 1 is 1.53 bits per heavy atom. The third-order valence-electron chi connectivity index (χ3n) is 2.75. The van der Waals surface area contributed by atoms with Crippen LogP contribution in [0.1, 0.15) is 19.3 Å². The molecular formula is C11H24N2O2. The maximum Gasteiger partial charge on any atom is 0.0791 e. The fourth-order valence-electron chi connectivity index (χ4n) is 2.03. The molecule has 1 aliphatic heterocycles. The zero-order valence-electron chi connectivity index (χ0n) is 9.91. The van der Waals surface area contributed by atoms with Crippen LogP contribution in [0.4, 0.5) is 0 Å². The van der Waals surface area contributed by atoms with Crippen LogP contribution in [0, 0.1) is 0 Å². The van der Waals surface area contributed by atoms with Gasteiger partial charge in [-0.2, -0.15) is 0 Å². The number of ether oxygens (including phenoxy) is 1. The third-order valence-corrected chi connectivity index (χ3v) is 2.75. The Bertz CT molecular complexity index is 161. The number of nitrogens with zero attached hydrogens (tertiary/aromatic N) is 1. The van der Waals surface area contributed by atoms with E-state index in [2.05, 4.69) is 10.2 Å². The number of rotatable bonds is 6. The van der Waals surface area contributed by atoms with Crippen molar-refractivity contribution in [3.63, 3.8) is 0 Å². The van der Waals surface area contributed by atoms with Crippen molar-refractivity contribution in [1.82, 2.24) is 10.2 Å². The van der Waals surface area contributed by atoms with Gasteiger partial charge >= 0.3 is 0 Å². The summed E-state index contributed by atoms with van der Waals surface area (Å²) in [6.07, 6.45) is 3.71. The van der Waals surface area contributed by atoms with Crippen LogP contribution in [0.2, 0.25) is 0 Å². The minimum Gasteiger partial charge on any atom is -0.390 e. The van der Waals surface area contributed by atoms with E-state index in [1.165, 1.54) is 12.8 Å². The molecule has 0 radical (unpaired) electrons. The first kappa shape index (κ1) is 12.9. The molecule has 1 aliphatic rings. The van der Waals surface area contributed by atoms with Crippen LogP contribution in [0.25, 0.3) is 0 Å². The molecule has 1 heterocycles. The maximum absolute atomic E-state index is 9.60. The summed E-state index contributed by atoms with van der Waals surface area (Å²) in [5, 5.41) is 12.6. The lowest BCUT2D eigenvalue weighted by molar-refractivity contribution is -0.00759. The van der Waals surface area contributed by atoms with Gasteiger partial charge in [0, 0.05) is 26.2 Å². The normalized spacial score (nSPS) is 24.4. The van der Waals surface area contributed by atoms with E-state index in [-0.39, 0.29) is 6.10 Å². The zero-order valence-corrected chi connectivity index (χ0v) is 9.91. The Hall–Kier alpha value is -0.160. The summed E-state index contributed by atoms with van der Waals surface area (Å²) in [5.41, 5.74) is 0. The van der Waals surface area contributed by atoms with Crippen LogP contribution in [-0.2, 0) is 4.74 Å². The average Bonchev–Trinajstić information content (AvgIpc) is 2.19. The van der Waals surface area contributed by atoms with Crippen molar-refractivity contribution in [3.8, 4) is 0 Å². The maximum atomic E-state index is 9.60. The number of hydrogen-bond donors (Lipinski definition) is 2. The van der Waals surface area contributed by atoms with E-state index in [0.29, 0.717) is 19.2 Å². The highest BCUT2D eigenvalue weighted by molar-refractivity contribution is 4.70. The van der Waals surface area contributed by atoms with Crippen LogP contribution in [-0.4, -0.2) is 62.6 Å². The van der Waals surface area contributed by atoms with E-state index < -0.39 is 0 Å². The fourth-order valence-corrected chi connectivity index (χ4v) is 2.03. The largest absolute Gasteiger partial charge is 0.390 e. The topological polar surface area (TPSA) is 44.7 Å². The van der Waals surface area contributed by atoms with Crippen molar-refractivity contribution in [3.05, 3.63) is 0 Å². The van der Waals surface area contributed by atoms with E-state index in [0.717, 1.165) is 19.6 Å². The molecule has 1 fully saturated rings. The molecule has 15 heavy (non-hydrogen) atoms. The molecule has 4 nitrogen and oxygen atoms in total. The lowest BCUT2D eigenvalue weighted by Crippen LogP contribution is -2.40. The summed E-state index contributed by atoms with van der Waals surface area (Å²) >= 11 is 0. The Labute approximate surface area is 92.6 Å². The standard InChI is InChI=1S/C11H24N2O2/c1-12-7-10(14)8-13(2)9-11-5-3-4-6-15-11/h10-12,14H,3-9H2,1-2H3. The van der Waals surface area contributed by atoms with Gasteiger partial charge in [0.25, 0.3) is 0 Å². The highest BCUT2D eigenvalue weighted by Crippen LogP contribution is 2.13. The molecule has 2 atom stereocenters. The first-order valence-electron chi connectivity index (χ1n) is 5.85. The molecule has 0 amide bonds. The minimum atomic E-state index is -0.288. The van der Waals surface area contributed by atoms with Crippen LogP contribution in [0.3, 0.4) is 0 Å². The van der Waals surface area contributed by atoms with E-state index >= 15 is 0 Å². The van der Waals surface area contributed by atoms with Gasteiger partial charge in [0.1, 0.15) is 0 Å². The van der Waals surface area contributed by atoms with Gasteiger partial charge < -0.3 is 20.1 Å². The summed E-state index contributed by atoms with van der Waals surface area (Å²) in [7, 11) is 3.89. The number of aliphatic hydroxyl groups excluding tert-OH is 1. The van der Waals surface area contributed by atoms with Crippen LogP contribution < -0.4 is 5.32 Å². The molecule has 1 saturated heterocycles. The molecule has 0 aliphatic carbocycles. The summed E-state index contributed by atoms with van der Waals surface area (Å²) in [5.74, 6) is 0. The molecule has 1 rings (SSSR count). The van der Waals surface area contributed by atoms with Crippen LogP contribution in [0.15, 0.2) is 0 Å². The van der Waals surface area contributed by atoms with Gasteiger partial charge in [0.05, 0.1) is 12.2 Å². The van der Waals surface area contributed by atoms with Crippen molar-refractivity contribution in [2.24, 2.45) is 0 Å². The van der Waals surface area contributed by atoms with Gasteiger partial charge in [-0.15, -0.1) is 0 Å². The van der Waals surface area contributed by atoms with Crippen LogP contribution >= 0.6 is 0 Å². The van der Waals surface area contributed by atoms with Gasteiger partial charge in [-0.05, 0) is 33.4 Å². The predicted molar refractivity (Wildman–Crippen MR) is 61.0 cm³/mol. The van der Waals surface area contributed by atoms with Crippen molar-refractivity contribution in [2.75, 3.05) is 40.3 Å². The lowest BCUT2D eigenvalue weighted by Gasteiger charge is -2.28. The van der Waals surface area contributed by atoms with Gasteiger partial charge in [-0.3, -0.25) is 0 Å². The van der Waals surface area contributed by atoms with E-state index in [9.17, 15) is 5.11 Å². The van der Waals surface area contributed by atoms with E-state index in [4.69, 9.17) is 4.74 Å². The van der Waals surface area contributed by atoms with Crippen molar-refractivity contribution in [2.45, 2.75) is 31.5 Å². The molecule has 0 aromatic carbocycles. The molecule has 0 bridgehead atoms. The predicted octanol–water partition coefficient (Wildman–Crippen LogP) is 0.0676.